The van der Waals surface area contributed by atoms with E-state index in [1.807, 2.05) is 18.2 Å². The van der Waals surface area contributed by atoms with E-state index in [-0.39, 0.29) is 5.79 Å². The monoisotopic (exact) mass is 293 g/mol. The van der Waals surface area contributed by atoms with Crippen molar-refractivity contribution in [2.45, 2.75) is 37.5 Å². The zero-order chi connectivity index (χ0) is 14.7. The van der Waals surface area contributed by atoms with Gasteiger partial charge in [0, 0.05) is 30.6 Å². The Kier molecular flexibility index (Phi) is 4.22. The zero-order valence-electron chi connectivity index (χ0n) is 12.7. The van der Waals surface area contributed by atoms with Gasteiger partial charge in [0.15, 0.2) is 17.3 Å². The standard InChI is InChI=1S/C16H23NO4/c1-18-14-4-3-13(11-15(14)19-2)17-12-5-7-16(8-6-12)20-9-10-21-16/h3-4,11-12,17H,5-10H2,1-2H3. The van der Waals surface area contributed by atoms with E-state index < -0.39 is 0 Å². The van der Waals surface area contributed by atoms with E-state index in [2.05, 4.69) is 5.32 Å². The number of rotatable bonds is 4. The highest BCUT2D eigenvalue weighted by Crippen LogP contribution is 2.37. The molecule has 5 nitrogen and oxygen atoms in total. The molecule has 3 rings (SSSR count). The van der Waals surface area contributed by atoms with Crippen LogP contribution in [0.1, 0.15) is 25.7 Å². The molecule has 116 valence electrons. The Morgan fingerprint density at radius 2 is 1.71 bits per heavy atom. The second-order valence-corrected chi connectivity index (χ2v) is 5.60. The number of nitrogens with one attached hydrogen (secondary N) is 1. The second-order valence-electron chi connectivity index (χ2n) is 5.60. The Morgan fingerprint density at radius 1 is 1.05 bits per heavy atom. The second kappa shape index (κ2) is 6.12. The third kappa shape index (κ3) is 3.09. The summed E-state index contributed by atoms with van der Waals surface area (Å²) in [5.74, 6) is 1.20. The van der Waals surface area contributed by atoms with Crippen LogP contribution in [0.4, 0.5) is 5.69 Å². The van der Waals surface area contributed by atoms with Gasteiger partial charge in [0.2, 0.25) is 0 Å². The fraction of sp³-hybridized carbons (Fsp3) is 0.625. The number of benzene rings is 1. The lowest BCUT2D eigenvalue weighted by Gasteiger charge is -2.36. The molecule has 1 aliphatic carbocycles. The molecular formula is C16H23NO4. The smallest absolute Gasteiger partial charge is 0.168 e. The van der Waals surface area contributed by atoms with E-state index in [1.54, 1.807) is 14.2 Å². The molecular weight excluding hydrogens is 270 g/mol. The first kappa shape index (κ1) is 14.5. The molecule has 2 fully saturated rings. The highest BCUT2D eigenvalue weighted by atomic mass is 16.7. The molecule has 0 radical (unpaired) electrons. The molecule has 1 N–H and O–H groups in total. The van der Waals surface area contributed by atoms with Crippen LogP contribution in [0.25, 0.3) is 0 Å². The Balaban J connectivity index is 1.60. The predicted molar refractivity (Wildman–Crippen MR) is 80.1 cm³/mol. The van der Waals surface area contributed by atoms with Crippen LogP contribution in [0.15, 0.2) is 18.2 Å². The van der Waals surface area contributed by atoms with E-state index in [1.165, 1.54) is 0 Å². The van der Waals surface area contributed by atoms with Crippen molar-refractivity contribution in [2.24, 2.45) is 0 Å². The molecule has 1 aromatic carbocycles. The summed E-state index contributed by atoms with van der Waals surface area (Å²) in [4.78, 5) is 0. The highest BCUT2D eigenvalue weighted by molar-refractivity contribution is 5.55. The summed E-state index contributed by atoms with van der Waals surface area (Å²) in [5.41, 5.74) is 1.06. The van der Waals surface area contributed by atoms with Crippen molar-refractivity contribution in [3.63, 3.8) is 0 Å². The van der Waals surface area contributed by atoms with Gasteiger partial charge in [0.25, 0.3) is 0 Å². The van der Waals surface area contributed by atoms with Crippen LogP contribution in [0, 0.1) is 0 Å². The van der Waals surface area contributed by atoms with Crippen LogP contribution in [-0.4, -0.2) is 39.3 Å². The normalized spacial score (nSPS) is 21.4. The summed E-state index contributed by atoms with van der Waals surface area (Å²) in [6.07, 6.45) is 4.01. The lowest BCUT2D eigenvalue weighted by atomic mass is 9.90. The molecule has 1 spiro atoms. The van der Waals surface area contributed by atoms with Gasteiger partial charge in [-0.05, 0) is 25.0 Å². The quantitative estimate of drug-likeness (QED) is 0.925. The fourth-order valence-electron chi connectivity index (χ4n) is 3.15. The van der Waals surface area contributed by atoms with E-state index in [9.17, 15) is 0 Å². The Bertz CT molecular complexity index is 475. The summed E-state index contributed by atoms with van der Waals surface area (Å²) in [7, 11) is 3.30. The maximum atomic E-state index is 5.76. The van der Waals surface area contributed by atoms with Crippen molar-refractivity contribution in [1.29, 1.82) is 0 Å². The predicted octanol–water partition coefficient (Wildman–Crippen LogP) is 2.80. The average Bonchev–Trinajstić information content (AvgIpc) is 2.98. The van der Waals surface area contributed by atoms with Gasteiger partial charge in [-0.15, -0.1) is 0 Å². The van der Waals surface area contributed by atoms with Crippen molar-refractivity contribution in [2.75, 3.05) is 32.8 Å². The minimum atomic E-state index is -0.296. The average molecular weight is 293 g/mol. The van der Waals surface area contributed by atoms with Gasteiger partial charge >= 0.3 is 0 Å². The van der Waals surface area contributed by atoms with E-state index in [0.29, 0.717) is 6.04 Å². The first-order chi connectivity index (χ1) is 10.2. The molecule has 21 heavy (non-hydrogen) atoms. The van der Waals surface area contributed by atoms with E-state index >= 15 is 0 Å². The molecule has 0 bridgehead atoms. The molecule has 1 aromatic rings. The van der Waals surface area contributed by atoms with Gasteiger partial charge in [0.05, 0.1) is 27.4 Å². The molecule has 1 heterocycles. The van der Waals surface area contributed by atoms with Crippen LogP contribution < -0.4 is 14.8 Å². The van der Waals surface area contributed by atoms with Crippen molar-refractivity contribution in [1.82, 2.24) is 0 Å². The van der Waals surface area contributed by atoms with Crippen molar-refractivity contribution in [3.05, 3.63) is 18.2 Å². The summed E-state index contributed by atoms with van der Waals surface area (Å²) in [6.45, 7) is 1.46. The topological polar surface area (TPSA) is 49.0 Å². The largest absolute Gasteiger partial charge is 0.493 e. The molecule has 1 aliphatic heterocycles. The number of methoxy groups -OCH3 is 2. The summed E-state index contributed by atoms with van der Waals surface area (Å²) < 4.78 is 22.1. The summed E-state index contributed by atoms with van der Waals surface area (Å²) >= 11 is 0. The SMILES string of the molecule is COc1ccc(NC2CCC3(CC2)OCCO3)cc1OC. The minimum absolute atomic E-state index is 0.296. The van der Waals surface area contributed by atoms with Crippen molar-refractivity contribution in [3.8, 4) is 11.5 Å². The van der Waals surface area contributed by atoms with Gasteiger partial charge in [-0.1, -0.05) is 0 Å². The minimum Gasteiger partial charge on any atom is -0.493 e. The molecule has 0 aromatic heterocycles. The molecule has 0 atom stereocenters. The van der Waals surface area contributed by atoms with E-state index in [4.69, 9.17) is 18.9 Å². The van der Waals surface area contributed by atoms with Crippen LogP contribution >= 0.6 is 0 Å². The Labute approximate surface area is 125 Å². The van der Waals surface area contributed by atoms with Crippen LogP contribution in [0.2, 0.25) is 0 Å². The van der Waals surface area contributed by atoms with Crippen molar-refractivity contribution >= 4 is 5.69 Å². The van der Waals surface area contributed by atoms with Crippen molar-refractivity contribution < 1.29 is 18.9 Å². The molecule has 1 saturated heterocycles. The molecule has 0 unspecified atom stereocenters. The zero-order valence-corrected chi connectivity index (χ0v) is 12.7. The lowest BCUT2D eigenvalue weighted by molar-refractivity contribution is -0.177. The van der Waals surface area contributed by atoms with E-state index in [0.717, 1.165) is 56.1 Å². The maximum absolute atomic E-state index is 5.76. The molecule has 1 saturated carbocycles. The first-order valence-electron chi connectivity index (χ1n) is 7.51. The van der Waals surface area contributed by atoms with Gasteiger partial charge in [-0.3, -0.25) is 0 Å². The molecule has 5 heteroatoms. The van der Waals surface area contributed by atoms with Crippen LogP contribution in [0.3, 0.4) is 0 Å². The number of anilines is 1. The Hall–Kier alpha value is -1.46. The number of ether oxygens (including phenoxy) is 4. The fourth-order valence-corrected chi connectivity index (χ4v) is 3.15. The lowest BCUT2D eigenvalue weighted by Crippen LogP contribution is -2.39. The van der Waals surface area contributed by atoms with Gasteiger partial charge < -0.3 is 24.3 Å². The third-order valence-corrected chi connectivity index (χ3v) is 4.32. The summed E-state index contributed by atoms with van der Waals surface area (Å²) in [5, 5.41) is 3.57. The van der Waals surface area contributed by atoms with Gasteiger partial charge in [0.1, 0.15) is 0 Å². The molecule has 2 aliphatic rings. The molecule has 0 amide bonds. The van der Waals surface area contributed by atoms with Gasteiger partial charge in [-0.25, -0.2) is 0 Å². The third-order valence-electron chi connectivity index (χ3n) is 4.32. The van der Waals surface area contributed by atoms with Gasteiger partial charge in [-0.2, -0.15) is 0 Å². The van der Waals surface area contributed by atoms with Crippen LogP contribution in [-0.2, 0) is 9.47 Å². The highest BCUT2D eigenvalue weighted by Gasteiger charge is 2.40. The first-order valence-corrected chi connectivity index (χ1v) is 7.51. The Morgan fingerprint density at radius 3 is 2.33 bits per heavy atom. The maximum Gasteiger partial charge on any atom is 0.168 e. The number of hydrogen-bond acceptors (Lipinski definition) is 5. The van der Waals surface area contributed by atoms with Crippen LogP contribution in [0.5, 0.6) is 11.5 Å². The number of hydrogen-bond donors (Lipinski definition) is 1. The summed E-state index contributed by atoms with van der Waals surface area (Å²) in [6, 6.07) is 6.37.